The molecule has 3 heterocycles. The number of fused-ring (bicyclic) bond motifs is 1. The normalized spacial score (nSPS) is 11.9. The Morgan fingerprint density at radius 1 is 1.20 bits per heavy atom. The number of aromatic nitrogens is 4. The Hall–Kier alpha value is -3.54. The molecule has 3 aromatic heterocycles. The van der Waals surface area contributed by atoms with Crippen molar-refractivity contribution >= 4 is 46.0 Å². The maximum atomic E-state index is 13.4. The summed E-state index contributed by atoms with van der Waals surface area (Å²) in [6.45, 7) is 9.20. The molecular weight excluding hydrogens is 425 g/mol. The number of halogens is 2. The Bertz CT molecular complexity index is 1360. The van der Waals surface area contributed by atoms with Crippen LogP contribution in [0.5, 0.6) is 0 Å². The summed E-state index contributed by atoms with van der Waals surface area (Å²) in [5.74, 6) is 0.350. The van der Waals surface area contributed by atoms with Gasteiger partial charge in [0, 0.05) is 0 Å². The SMILES string of the molecule is [C-]#[N+]c1c(N)ncnc1NC(C)c1cc2c(Cl)cc(Cl)n2c(=O)n1-c1ccccc1. The second-order valence-corrected chi connectivity index (χ2v) is 7.29. The van der Waals surface area contributed by atoms with Crippen LogP contribution in [0.25, 0.3) is 16.0 Å². The van der Waals surface area contributed by atoms with E-state index in [1.165, 1.54) is 21.4 Å². The molecule has 1 unspecified atom stereocenters. The summed E-state index contributed by atoms with van der Waals surface area (Å²) in [7, 11) is 0. The second-order valence-electron chi connectivity index (χ2n) is 6.49. The number of nitrogens with one attached hydrogen (secondary N) is 1. The highest BCUT2D eigenvalue weighted by Gasteiger charge is 2.21. The largest absolute Gasteiger partial charge is 0.392 e. The summed E-state index contributed by atoms with van der Waals surface area (Å²) in [6.07, 6.45) is 1.27. The predicted octanol–water partition coefficient (Wildman–Crippen LogP) is 4.49. The number of para-hydroxylation sites is 1. The molecule has 10 heteroatoms. The maximum absolute atomic E-state index is 13.4. The van der Waals surface area contributed by atoms with Gasteiger partial charge in [-0.3, -0.25) is 8.97 Å². The van der Waals surface area contributed by atoms with Crippen molar-refractivity contribution in [2.45, 2.75) is 13.0 Å². The summed E-state index contributed by atoms with van der Waals surface area (Å²) in [4.78, 5) is 24.8. The highest BCUT2D eigenvalue weighted by Crippen LogP contribution is 2.32. The standard InChI is InChI=1S/C20H15Cl2N7O/c1-11(27-19-17(24-2)18(23)25-10-26-19)14-9-15-13(21)8-16(22)29(15)20(30)28(14)12-6-4-3-5-7-12/h3-11H,1H3,(H3,23,25,26,27). The van der Waals surface area contributed by atoms with Crippen LogP contribution in [0, 0.1) is 6.57 Å². The Morgan fingerprint density at radius 2 is 1.93 bits per heavy atom. The van der Waals surface area contributed by atoms with Crippen molar-refractivity contribution in [3.8, 4) is 5.69 Å². The van der Waals surface area contributed by atoms with Gasteiger partial charge in [-0.2, -0.15) is 0 Å². The zero-order valence-electron chi connectivity index (χ0n) is 15.7. The average molecular weight is 440 g/mol. The van der Waals surface area contributed by atoms with Gasteiger partial charge in [0.2, 0.25) is 0 Å². The predicted molar refractivity (Wildman–Crippen MR) is 118 cm³/mol. The van der Waals surface area contributed by atoms with Gasteiger partial charge < -0.3 is 11.1 Å². The molecule has 0 aliphatic rings. The lowest BCUT2D eigenvalue weighted by Crippen LogP contribution is -2.30. The van der Waals surface area contributed by atoms with E-state index in [0.717, 1.165) is 0 Å². The van der Waals surface area contributed by atoms with E-state index in [1.807, 2.05) is 37.3 Å². The van der Waals surface area contributed by atoms with E-state index >= 15 is 0 Å². The number of nitrogens with two attached hydrogens (primary N) is 1. The van der Waals surface area contributed by atoms with Crippen molar-refractivity contribution in [1.29, 1.82) is 0 Å². The van der Waals surface area contributed by atoms with Gasteiger partial charge in [-0.1, -0.05) is 41.4 Å². The van der Waals surface area contributed by atoms with Crippen molar-refractivity contribution in [2.24, 2.45) is 0 Å². The van der Waals surface area contributed by atoms with E-state index in [0.29, 0.717) is 21.9 Å². The number of hydrogen-bond donors (Lipinski definition) is 2. The summed E-state index contributed by atoms with van der Waals surface area (Å²) in [5, 5.41) is 3.74. The third-order valence-corrected chi connectivity index (χ3v) is 5.22. The molecule has 0 fully saturated rings. The number of nitrogen functional groups attached to an aromatic ring is 1. The maximum Gasteiger partial charge on any atom is 0.338 e. The highest BCUT2D eigenvalue weighted by molar-refractivity contribution is 6.37. The summed E-state index contributed by atoms with van der Waals surface area (Å²) in [6, 6.07) is 12.0. The smallest absolute Gasteiger partial charge is 0.338 e. The Kier molecular flexibility index (Phi) is 5.08. The molecule has 30 heavy (non-hydrogen) atoms. The van der Waals surface area contributed by atoms with Crippen LogP contribution in [-0.2, 0) is 0 Å². The van der Waals surface area contributed by atoms with E-state index < -0.39 is 6.04 Å². The van der Waals surface area contributed by atoms with Gasteiger partial charge in [0.05, 0.1) is 34.5 Å². The monoisotopic (exact) mass is 439 g/mol. The van der Waals surface area contributed by atoms with Crippen molar-refractivity contribution in [3.05, 3.63) is 86.6 Å². The molecule has 0 bridgehead atoms. The minimum atomic E-state index is -0.442. The molecular formula is C20H15Cl2N7O. The number of hydrogen-bond acceptors (Lipinski definition) is 5. The fraction of sp³-hybridized carbons (Fsp3) is 0.100. The lowest BCUT2D eigenvalue weighted by atomic mass is 10.2. The van der Waals surface area contributed by atoms with Gasteiger partial charge >= 0.3 is 5.69 Å². The van der Waals surface area contributed by atoms with Crippen LogP contribution in [0.15, 0.2) is 53.6 Å². The molecule has 0 saturated carbocycles. The van der Waals surface area contributed by atoms with E-state index in [-0.39, 0.29) is 28.2 Å². The van der Waals surface area contributed by atoms with Crippen molar-refractivity contribution in [2.75, 3.05) is 11.1 Å². The molecule has 0 spiro atoms. The number of rotatable bonds is 4. The van der Waals surface area contributed by atoms with Gasteiger partial charge in [-0.25, -0.2) is 19.6 Å². The van der Waals surface area contributed by atoms with Crippen LogP contribution in [-0.4, -0.2) is 18.9 Å². The zero-order chi connectivity index (χ0) is 21.4. The first kappa shape index (κ1) is 19.8. The molecule has 8 nitrogen and oxygen atoms in total. The lowest BCUT2D eigenvalue weighted by Gasteiger charge is -2.21. The number of benzene rings is 1. The first-order valence-electron chi connectivity index (χ1n) is 8.84. The summed E-state index contributed by atoms with van der Waals surface area (Å²) >= 11 is 12.5. The van der Waals surface area contributed by atoms with E-state index in [2.05, 4.69) is 20.1 Å². The molecule has 4 aromatic rings. The van der Waals surface area contributed by atoms with Gasteiger partial charge in [0.15, 0.2) is 0 Å². The molecule has 0 aliphatic carbocycles. The Balaban J connectivity index is 1.94. The first-order valence-corrected chi connectivity index (χ1v) is 9.60. The number of anilines is 2. The molecule has 3 N–H and O–H groups in total. The molecule has 1 atom stereocenters. The minimum absolute atomic E-state index is 0.0759. The second kappa shape index (κ2) is 7.71. The molecule has 4 rings (SSSR count). The van der Waals surface area contributed by atoms with Crippen LogP contribution in [0.3, 0.4) is 0 Å². The van der Waals surface area contributed by atoms with Gasteiger partial charge in [-0.15, -0.1) is 0 Å². The van der Waals surface area contributed by atoms with Crippen molar-refractivity contribution in [3.63, 3.8) is 0 Å². The molecule has 0 aliphatic heterocycles. The van der Waals surface area contributed by atoms with Crippen LogP contribution in [0.1, 0.15) is 18.7 Å². The minimum Gasteiger partial charge on any atom is -0.392 e. The van der Waals surface area contributed by atoms with Crippen LogP contribution in [0.2, 0.25) is 10.2 Å². The quantitative estimate of drug-likeness (QED) is 0.456. The van der Waals surface area contributed by atoms with E-state index in [9.17, 15) is 4.79 Å². The number of nitrogens with zero attached hydrogens (tertiary/aromatic N) is 5. The van der Waals surface area contributed by atoms with Crippen LogP contribution in [0.4, 0.5) is 17.3 Å². The first-order chi connectivity index (χ1) is 14.4. The summed E-state index contributed by atoms with van der Waals surface area (Å²) < 4.78 is 2.88. The van der Waals surface area contributed by atoms with Gasteiger partial charge in [0.1, 0.15) is 23.1 Å². The van der Waals surface area contributed by atoms with Crippen molar-refractivity contribution in [1.82, 2.24) is 18.9 Å². The van der Waals surface area contributed by atoms with Gasteiger partial charge in [0.25, 0.3) is 5.69 Å². The lowest BCUT2D eigenvalue weighted by molar-refractivity contribution is 0.740. The molecule has 1 aromatic carbocycles. The average Bonchev–Trinajstić information content (AvgIpc) is 3.02. The fourth-order valence-corrected chi connectivity index (χ4v) is 3.82. The topological polar surface area (TPSA) is 94.6 Å². The third kappa shape index (κ3) is 3.24. The molecule has 0 amide bonds. The van der Waals surface area contributed by atoms with Crippen LogP contribution >= 0.6 is 23.2 Å². The van der Waals surface area contributed by atoms with E-state index in [1.54, 1.807) is 6.07 Å². The van der Waals surface area contributed by atoms with E-state index in [4.69, 9.17) is 35.5 Å². The van der Waals surface area contributed by atoms with Crippen molar-refractivity contribution < 1.29 is 0 Å². The molecule has 150 valence electrons. The molecule has 0 radical (unpaired) electrons. The third-order valence-electron chi connectivity index (χ3n) is 4.64. The Morgan fingerprint density at radius 3 is 2.63 bits per heavy atom. The molecule has 0 saturated heterocycles. The van der Waals surface area contributed by atoms with Gasteiger partial charge in [-0.05, 0) is 31.2 Å². The van der Waals surface area contributed by atoms with Crippen LogP contribution < -0.4 is 16.7 Å². The Labute approximate surface area is 181 Å². The zero-order valence-corrected chi connectivity index (χ0v) is 17.2. The highest BCUT2D eigenvalue weighted by atomic mass is 35.5. The summed E-state index contributed by atoms with van der Waals surface area (Å²) in [5.41, 5.74) is 7.27. The fourth-order valence-electron chi connectivity index (χ4n) is 3.25.